The first kappa shape index (κ1) is 10.5. The number of hydrogen-bond acceptors (Lipinski definition) is 3. The fourth-order valence-corrected chi connectivity index (χ4v) is 2.71. The first-order valence-corrected chi connectivity index (χ1v) is 6.59. The minimum atomic E-state index is -0.103. The van der Waals surface area contributed by atoms with Crippen LogP contribution in [0.1, 0.15) is 43.8 Å². The van der Waals surface area contributed by atoms with Crippen LogP contribution < -0.4 is 0 Å². The van der Waals surface area contributed by atoms with E-state index in [-0.39, 0.29) is 5.38 Å². The summed E-state index contributed by atoms with van der Waals surface area (Å²) in [4.78, 5) is 0. The summed E-state index contributed by atoms with van der Waals surface area (Å²) in [6.07, 6.45) is 5.59. The van der Waals surface area contributed by atoms with E-state index in [4.69, 9.17) is 11.6 Å². The largest absolute Gasteiger partial charge is 0.228 e. The molecule has 0 saturated heterocycles. The first-order chi connectivity index (χ1) is 7.75. The van der Waals surface area contributed by atoms with Crippen LogP contribution in [0.3, 0.4) is 0 Å². The normalized spacial score (nSPS) is 22.7. The summed E-state index contributed by atoms with van der Waals surface area (Å²) >= 11 is 6.06. The molecule has 88 valence electrons. The van der Waals surface area contributed by atoms with Crippen molar-refractivity contribution in [2.24, 2.45) is 17.8 Å². The van der Waals surface area contributed by atoms with Crippen molar-refractivity contribution in [2.75, 3.05) is 0 Å². The van der Waals surface area contributed by atoms with Gasteiger partial charge in [0.2, 0.25) is 0 Å². The molecule has 2 aliphatic carbocycles. The van der Waals surface area contributed by atoms with Crippen LogP contribution in [0.25, 0.3) is 0 Å². The minimum Gasteiger partial charge on any atom is -0.228 e. The third-order valence-corrected chi connectivity index (χ3v) is 3.95. The molecule has 0 bridgehead atoms. The molecule has 2 fully saturated rings. The Kier molecular flexibility index (Phi) is 2.62. The van der Waals surface area contributed by atoms with E-state index in [1.807, 2.05) is 11.6 Å². The van der Waals surface area contributed by atoms with Gasteiger partial charge in [0.25, 0.3) is 0 Å². The average Bonchev–Trinajstić information content (AvgIpc) is 3.14. The summed E-state index contributed by atoms with van der Waals surface area (Å²) < 4.78 is 1.92. The van der Waals surface area contributed by atoms with E-state index >= 15 is 0 Å². The van der Waals surface area contributed by atoms with Crippen LogP contribution in [-0.2, 0) is 6.54 Å². The molecule has 2 saturated carbocycles. The molecule has 1 unspecified atom stereocenters. The van der Waals surface area contributed by atoms with Crippen LogP contribution >= 0.6 is 11.6 Å². The van der Waals surface area contributed by atoms with Crippen LogP contribution in [-0.4, -0.2) is 20.2 Å². The van der Waals surface area contributed by atoms with Crippen molar-refractivity contribution in [2.45, 2.75) is 44.5 Å². The lowest BCUT2D eigenvalue weighted by Crippen LogP contribution is -2.18. The van der Waals surface area contributed by atoms with Gasteiger partial charge in [-0.05, 0) is 60.8 Å². The standard InChI is InChI=1S/C11H17ClN4/c1-7(12)11-13-14-15-16(11)6-10(8-2-3-8)9-4-5-9/h7-10H,2-6H2,1H3. The fraction of sp³-hybridized carbons (Fsp3) is 0.909. The number of hydrogen-bond donors (Lipinski definition) is 0. The molecule has 1 aromatic rings. The molecular formula is C11H17ClN4. The smallest absolute Gasteiger partial charge is 0.168 e. The maximum Gasteiger partial charge on any atom is 0.168 e. The molecule has 0 radical (unpaired) electrons. The van der Waals surface area contributed by atoms with Gasteiger partial charge in [-0.3, -0.25) is 0 Å². The molecule has 1 aromatic heterocycles. The Hall–Kier alpha value is -0.640. The Morgan fingerprint density at radius 3 is 2.44 bits per heavy atom. The van der Waals surface area contributed by atoms with Crippen molar-refractivity contribution in [1.29, 1.82) is 0 Å². The molecule has 0 aromatic carbocycles. The third kappa shape index (κ3) is 2.08. The third-order valence-electron chi connectivity index (χ3n) is 3.75. The number of alkyl halides is 1. The monoisotopic (exact) mass is 240 g/mol. The Balaban J connectivity index is 1.73. The van der Waals surface area contributed by atoms with Gasteiger partial charge in [-0.15, -0.1) is 16.7 Å². The van der Waals surface area contributed by atoms with Crippen molar-refractivity contribution >= 4 is 11.6 Å². The van der Waals surface area contributed by atoms with Gasteiger partial charge in [-0.2, -0.15) is 0 Å². The topological polar surface area (TPSA) is 43.6 Å². The van der Waals surface area contributed by atoms with Gasteiger partial charge in [0.1, 0.15) is 0 Å². The van der Waals surface area contributed by atoms with Gasteiger partial charge in [-0.1, -0.05) is 0 Å². The highest BCUT2D eigenvalue weighted by Gasteiger charge is 2.41. The van der Waals surface area contributed by atoms with Crippen molar-refractivity contribution in [3.8, 4) is 0 Å². The molecule has 1 atom stereocenters. The lowest BCUT2D eigenvalue weighted by atomic mass is 9.98. The quantitative estimate of drug-likeness (QED) is 0.743. The first-order valence-electron chi connectivity index (χ1n) is 6.16. The fourth-order valence-electron chi connectivity index (χ4n) is 2.56. The van der Waals surface area contributed by atoms with Gasteiger partial charge in [0.15, 0.2) is 5.82 Å². The number of halogens is 1. The molecule has 0 spiro atoms. The van der Waals surface area contributed by atoms with E-state index in [1.54, 1.807) is 0 Å². The highest BCUT2D eigenvalue weighted by Crippen LogP contribution is 2.49. The number of rotatable bonds is 5. The number of aromatic nitrogens is 4. The number of nitrogens with zero attached hydrogens (tertiary/aromatic N) is 4. The van der Waals surface area contributed by atoms with Crippen molar-refractivity contribution in [3.05, 3.63) is 5.82 Å². The van der Waals surface area contributed by atoms with Crippen molar-refractivity contribution in [3.63, 3.8) is 0 Å². The molecule has 0 aliphatic heterocycles. The Labute approximate surface area is 100 Å². The molecule has 1 heterocycles. The molecule has 0 N–H and O–H groups in total. The SMILES string of the molecule is CC(Cl)c1nnnn1CC(C1CC1)C1CC1. The van der Waals surface area contributed by atoms with Gasteiger partial charge in [0, 0.05) is 6.54 Å². The van der Waals surface area contributed by atoms with Gasteiger partial charge >= 0.3 is 0 Å². The highest BCUT2D eigenvalue weighted by atomic mass is 35.5. The summed E-state index contributed by atoms with van der Waals surface area (Å²) in [5.74, 6) is 3.45. The summed E-state index contributed by atoms with van der Waals surface area (Å²) in [7, 11) is 0. The van der Waals surface area contributed by atoms with E-state index in [1.165, 1.54) is 25.7 Å². The molecule has 2 aliphatic rings. The van der Waals surface area contributed by atoms with Gasteiger partial charge in [-0.25, -0.2) is 4.68 Å². The van der Waals surface area contributed by atoms with Crippen LogP contribution in [0.2, 0.25) is 0 Å². The summed E-state index contributed by atoms with van der Waals surface area (Å²) in [6, 6.07) is 0. The Bertz CT molecular complexity index is 356. The molecule has 3 rings (SSSR count). The van der Waals surface area contributed by atoms with Gasteiger partial charge in [0.05, 0.1) is 5.38 Å². The van der Waals surface area contributed by atoms with Crippen molar-refractivity contribution in [1.82, 2.24) is 20.2 Å². The van der Waals surface area contributed by atoms with Gasteiger partial charge < -0.3 is 0 Å². The highest BCUT2D eigenvalue weighted by molar-refractivity contribution is 6.20. The molecule has 4 nitrogen and oxygen atoms in total. The zero-order valence-electron chi connectivity index (χ0n) is 9.51. The molecule has 16 heavy (non-hydrogen) atoms. The second-order valence-corrected chi connectivity index (χ2v) is 5.83. The number of tetrazole rings is 1. The van der Waals surface area contributed by atoms with E-state index < -0.39 is 0 Å². The molecule has 5 heteroatoms. The van der Waals surface area contributed by atoms with E-state index in [0.29, 0.717) is 0 Å². The predicted octanol–water partition coefficient (Wildman–Crippen LogP) is 2.41. The molecular weight excluding hydrogens is 224 g/mol. The summed E-state index contributed by atoms with van der Waals surface area (Å²) in [5, 5.41) is 11.7. The second kappa shape index (κ2) is 3.99. The van der Waals surface area contributed by atoms with Crippen LogP contribution in [0.5, 0.6) is 0 Å². The van der Waals surface area contributed by atoms with Crippen LogP contribution in [0, 0.1) is 17.8 Å². The maximum atomic E-state index is 6.06. The summed E-state index contributed by atoms with van der Waals surface area (Å²) in [5.41, 5.74) is 0. The van der Waals surface area contributed by atoms with Crippen LogP contribution in [0.15, 0.2) is 0 Å². The second-order valence-electron chi connectivity index (χ2n) is 5.17. The van der Waals surface area contributed by atoms with E-state index in [0.717, 1.165) is 30.1 Å². The molecule has 0 amide bonds. The minimum absolute atomic E-state index is 0.103. The zero-order chi connectivity index (χ0) is 11.1. The lowest BCUT2D eigenvalue weighted by molar-refractivity contribution is 0.324. The average molecular weight is 241 g/mol. The maximum absolute atomic E-state index is 6.06. The predicted molar refractivity (Wildman–Crippen MR) is 61.0 cm³/mol. The summed E-state index contributed by atoms with van der Waals surface area (Å²) in [6.45, 7) is 2.89. The Morgan fingerprint density at radius 2 is 1.94 bits per heavy atom. The lowest BCUT2D eigenvalue weighted by Gasteiger charge is -2.16. The van der Waals surface area contributed by atoms with E-state index in [9.17, 15) is 0 Å². The van der Waals surface area contributed by atoms with E-state index in [2.05, 4.69) is 15.5 Å². The zero-order valence-corrected chi connectivity index (χ0v) is 10.3. The van der Waals surface area contributed by atoms with Crippen molar-refractivity contribution < 1.29 is 0 Å². The van der Waals surface area contributed by atoms with Crippen LogP contribution in [0.4, 0.5) is 0 Å². The Morgan fingerprint density at radius 1 is 1.31 bits per heavy atom.